The van der Waals surface area contributed by atoms with Crippen molar-refractivity contribution in [2.24, 2.45) is 0 Å². The zero-order chi connectivity index (χ0) is 20.3. The van der Waals surface area contributed by atoms with E-state index in [0.29, 0.717) is 24.0 Å². The summed E-state index contributed by atoms with van der Waals surface area (Å²) in [6.45, 7) is 0.879. The molecule has 27 heavy (non-hydrogen) atoms. The molecule has 0 amide bonds. The van der Waals surface area contributed by atoms with Crippen molar-refractivity contribution in [2.45, 2.75) is 31.3 Å². The third-order valence-corrected chi connectivity index (χ3v) is 4.01. The predicted molar refractivity (Wildman–Crippen MR) is 86.0 cm³/mol. The minimum atomic E-state index is -4.92. The predicted octanol–water partition coefficient (Wildman–Crippen LogP) is 5.40. The van der Waals surface area contributed by atoms with Gasteiger partial charge in [-0.15, -0.1) is 0 Å². The van der Waals surface area contributed by atoms with Gasteiger partial charge in [0.2, 0.25) is 0 Å². The molecule has 0 aliphatic rings. The minimum Gasteiger partial charge on any atom is -0.375 e. The molecular formula is C19H16F6O2. The van der Waals surface area contributed by atoms with Crippen LogP contribution in [0.25, 0.3) is 0 Å². The molecule has 2 aromatic carbocycles. The lowest BCUT2D eigenvalue weighted by molar-refractivity contribution is -0.143. The molecule has 0 heterocycles. The fourth-order valence-corrected chi connectivity index (χ4v) is 2.49. The summed E-state index contributed by atoms with van der Waals surface area (Å²) in [6.07, 6.45) is -9.20. The zero-order valence-corrected chi connectivity index (χ0v) is 14.2. The van der Waals surface area contributed by atoms with Crippen LogP contribution in [0.2, 0.25) is 0 Å². The van der Waals surface area contributed by atoms with Gasteiger partial charge < -0.3 is 9.53 Å². The van der Waals surface area contributed by atoms with Crippen molar-refractivity contribution >= 4 is 6.29 Å². The first-order chi connectivity index (χ1) is 12.5. The first kappa shape index (κ1) is 21.0. The first-order valence-corrected chi connectivity index (χ1v) is 7.84. The number of carbonyl (C=O) groups is 1. The minimum absolute atomic E-state index is 0.0585. The molecule has 0 spiro atoms. The summed E-state index contributed by atoms with van der Waals surface area (Å²) in [5.74, 6) is 0. The van der Waals surface area contributed by atoms with Gasteiger partial charge in [0.1, 0.15) is 6.29 Å². The normalized spacial score (nSPS) is 14.6. The van der Waals surface area contributed by atoms with E-state index in [-0.39, 0.29) is 18.2 Å². The summed E-state index contributed by atoms with van der Waals surface area (Å²) in [4.78, 5) is 11.5. The molecule has 0 saturated carbocycles. The lowest BCUT2D eigenvalue weighted by Gasteiger charge is -2.23. The van der Waals surface area contributed by atoms with E-state index in [1.165, 1.54) is 0 Å². The Morgan fingerprint density at radius 2 is 1.37 bits per heavy atom. The summed E-state index contributed by atoms with van der Waals surface area (Å²) in [6, 6.07) is 9.80. The zero-order valence-electron chi connectivity index (χ0n) is 14.2. The summed E-state index contributed by atoms with van der Waals surface area (Å²) in [7, 11) is 0. The maximum absolute atomic E-state index is 12.9. The van der Waals surface area contributed by atoms with E-state index in [1.54, 1.807) is 37.3 Å². The monoisotopic (exact) mass is 390 g/mol. The van der Waals surface area contributed by atoms with E-state index in [0.717, 1.165) is 0 Å². The number of hydrogen-bond acceptors (Lipinski definition) is 2. The molecule has 1 atom stereocenters. The average Bonchev–Trinajstić information content (AvgIpc) is 2.60. The van der Waals surface area contributed by atoms with E-state index < -0.39 is 35.5 Å². The van der Waals surface area contributed by atoms with Crippen LogP contribution in [0.5, 0.6) is 0 Å². The number of rotatable bonds is 6. The Morgan fingerprint density at radius 1 is 0.852 bits per heavy atom. The fourth-order valence-electron chi connectivity index (χ4n) is 2.49. The van der Waals surface area contributed by atoms with E-state index in [2.05, 4.69) is 0 Å². The van der Waals surface area contributed by atoms with E-state index in [1.807, 2.05) is 0 Å². The molecule has 8 heteroatoms. The molecule has 0 aliphatic carbocycles. The van der Waals surface area contributed by atoms with Crippen molar-refractivity contribution < 1.29 is 35.9 Å². The van der Waals surface area contributed by atoms with Gasteiger partial charge in [-0.3, -0.25) is 0 Å². The molecule has 0 bridgehead atoms. The average molecular weight is 390 g/mol. The van der Waals surface area contributed by atoms with Crippen molar-refractivity contribution in [2.75, 3.05) is 6.61 Å². The van der Waals surface area contributed by atoms with Crippen LogP contribution in [0, 0.1) is 0 Å². The van der Waals surface area contributed by atoms with Gasteiger partial charge >= 0.3 is 12.4 Å². The molecule has 0 aliphatic heterocycles. The Balaban J connectivity index is 2.21. The van der Waals surface area contributed by atoms with E-state index in [4.69, 9.17) is 4.74 Å². The number of alkyl halides is 6. The van der Waals surface area contributed by atoms with Crippen LogP contribution in [0.4, 0.5) is 26.3 Å². The molecule has 0 saturated heterocycles. The van der Waals surface area contributed by atoms with Crippen molar-refractivity contribution in [1.82, 2.24) is 0 Å². The van der Waals surface area contributed by atoms with Crippen LogP contribution in [-0.2, 0) is 33.9 Å². The number of carbonyl (C=O) groups excluding carboxylic acids is 1. The topological polar surface area (TPSA) is 26.3 Å². The second-order valence-electron chi connectivity index (χ2n) is 6.31. The van der Waals surface area contributed by atoms with Crippen LogP contribution < -0.4 is 0 Å². The highest BCUT2D eigenvalue weighted by Gasteiger charge is 2.37. The number of halogens is 6. The molecule has 2 aromatic rings. The summed E-state index contributed by atoms with van der Waals surface area (Å²) in [5.41, 5.74) is -3.54. The van der Waals surface area contributed by atoms with Gasteiger partial charge in [-0.1, -0.05) is 30.3 Å². The largest absolute Gasteiger partial charge is 0.416 e. The molecular weight excluding hydrogens is 374 g/mol. The lowest BCUT2D eigenvalue weighted by Crippen LogP contribution is -2.30. The van der Waals surface area contributed by atoms with Crippen molar-refractivity contribution in [3.8, 4) is 0 Å². The maximum Gasteiger partial charge on any atom is 0.416 e. The highest BCUT2D eigenvalue weighted by atomic mass is 19.4. The second kappa shape index (κ2) is 7.72. The number of aldehydes is 1. The summed E-state index contributed by atoms with van der Waals surface area (Å²) >= 11 is 0. The van der Waals surface area contributed by atoms with Crippen molar-refractivity contribution in [1.29, 1.82) is 0 Å². The molecule has 146 valence electrons. The second-order valence-corrected chi connectivity index (χ2v) is 6.31. The molecule has 1 unspecified atom stereocenters. The van der Waals surface area contributed by atoms with Gasteiger partial charge in [-0.2, -0.15) is 26.3 Å². The van der Waals surface area contributed by atoms with Crippen molar-refractivity contribution in [3.63, 3.8) is 0 Å². The molecule has 0 fully saturated rings. The third kappa shape index (κ3) is 5.32. The van der Waals surface area contributed by atoms with Gasteiger partial charge in [0, 0.05) is 0 Å². The molecule has 2 rings (SSSR count). The smallest absolute Gasteiger partial charge is 0.375 e. The van der Waals surface area contributed by atoms with Gasteiger partial charge in [0.05, 0.1) is 29.8 Å². The molecule has 0 aromatic heterocycles. The number of hydrogen-bond donors (Lipinski definition) is 0. The Morgan fingerprint density at radius 3 is 1.81 bits per heavy atom. The summed E-state index contributed by atoms with van der Waals surface area (Å²) in [5, 5.41) is 0. The van der Waals surface area contributed by atoms with Crippen LogP contribution in [-0.4, -0.2) is 12.9 Å². The standard InChI is InChI=1S/C19H16F6O2/c1-17(11-26,14-5-3-2-4-6-14)12-27-10-13-7-15(18(20,21)22)9-16(8-13)19(23,24)25/h2-9,11H,10,12H2,1H3. The highest BCUT2D eigenvalue weighted by Crippen LogP contribution is 2.36. The molecule has 2 nitrogen and oxygen atoms in total. The van der Waals surface area contributed by atoms with E-state index in [9.17, 15) is 31.1 Å². The lowest BCUT2D eigenvalue weighted by atomic mass is 9.85. The van der Waals surface area contributed by atoms with Gasteiger partial charge in [-0.25, -0.2) is 0 Å². The third-order valence-electron chi connectivity index (χ3n) is 4.01. The molecule has 0 N–H and O–H groups in total. The van der Waals surface area contributed by atoms with Gasteiger partial charge in [-0.05, 0) is 36.2 Å². The Kier molecular flexibility index (Phi) is 5.99. The quantitative estimate of drug-likeness (QED) is 0.488. The summed E-state index contributed by atoms with van der Waals surface area (Å²) < 4.78 is 82.5. The number of benzene rings is 2. The Bertz CT molecular complexity index is 751. The van der Waals surface area contributed by atoms with E-state index >= 15 is 0 Å². The number of ether oxygens (including phenoxy) is 1. The van der Waals surface area contributed by atoms with Gasteiger partial charge in [0.15, 0.2) is 0 Å². The Labute approximate surface area is 151 Å². The van der Waals surface area contributed by atoms with Crippen LogP contribution in [0.15, 0.2) is 48.5 Å². The SMILES string of the molecule is CC(C=O)(COCc1cc(C(F)(F)F)cc(C(F)(F)F)c1)c1ccccc1. The van der Waals surface area contributed by atoms with Crippen molar-refractivity contribution in [3.05, 3.63) is 70.8 Å². The highest BCUT2D eigenvalue weighted by molar-refractivity contribution is 5.68. The van der Waals surface area contributed by atoms with Crippen LogP contribution in [0.1, 0.15) is 29.2 Å². The Hall–Kier alpha value is -2.35. The fraction of sp³-hybridized carbons (Fsp3) is 0.316. The molecule has 0 radical (unpaired) electrons. The first-order valence-electron chi connectivity index (χ1n) is 7.84. The maximum atomic E-state index is 12.9. The van der Waals surface area contributed by atoms with Gasteiger partial charge in [0.25, 0.3) is 0 Å². The van der Waals surface area contributed by atoms with Crippen LogP contribution in [0.3, 0.4) is 0 Å². The van der Waals surface area contributed by atoms with Crippen LogP contribution >= 0.6 is 0 Å².